The van der Waals surface area contributed by atoms with Crippen molar-refractivity contribution in [1.29, 1.82) is 0 Å². The Morgan fingerprint density at radius 2 is 1.68 bits per heavy atom. The standard InChI is InChI=1S/C17H20ClN3O3S/c1-12(14-5-7-15(18)8-6-14)21-17(22)20-11-13-3-9-16(10-4-13)25(23,24)19-2/h3-10,12,19H,11H2,1-2H3,(H2,20,21,22). The van der Waals surface area contributed by atoms with E-state index in [1.54, 1.807) is 24.3 Å². The number of sulfonamides is 1. The van der Waals surface area contributed by atoms with Crippen LogP contribution in [0.4, 0.5) is 4.79 Å². The van der Waals surface area contributed by atoms with E-state index < -0.39 is 10.0 Å². The molecule has 3 N–H and O–H groups in total. The van der Waals surface area contributed by atoms with Gasteiger partial charge in [-0.25, -0.2) is 17.9 Å². The first kappa shape index (κ1) is 19.2. The van der Waals surface area contributed by atoms with Gasteiger partial charge in [-0.05, 0) is 49.4 Å². The van der Waals surface area contributed by atoms with Crippen molar-refractivity contribution in [3.8, 4) is 0 Å². The van der Waals surface area contributed by atoms with Crippen LogP contribution < -0.4 is 15.4 Å². The quantitative estimate of drug-likeness (QED) is 0.719. The van der Waals surface area contributed by atoms with Crippen LogP contribution in [0.15, 0.2) is 53.4 Å². The first-order chi connectivity index (χ1) is 11.8. The average Bonchev–Trinajstić information content (AvgIpc) is 2.61. The highest BCUT2D eigenvalue weighted by molar-refractivity contribution is 7.89. The number of rotatable bonds is 6. The fourth-order valence-electron chi connectivity index (χ4n) is 2.17. The Balaban J connectivity index is 1.88. The van der Waals surface area contributed by atoms with Crippen LogP contribution in [-0.4, -0.2) is 21.5 Å². The van der Waals surface area contributed by atoms with Crippen LogP contribution in [0.25, 0.3) is 0 Å². The minimum absolute atomic E-state index is 0.166. The Labute approximate surface area is 152 Å². The molecule has 8 heteroatoms. The van der Waals surface area contributed by atoms with E-state index >= 15 is 0 Å². The molecule has 2 aromatic carbocycles. The fourth-order valence-corrected chi connectivity index (χ4v) is 3.03. The minimum atomic E-state index is -3.45. The van der Waals surface area contributed by atoms with Crippen LogP contribution in [0.2, 0.25) is 5.02 Å². The summed E-state index contributed by atoms with van der Waals surface area (Å²) in [5, 5.41) is 6.22. The maximum Gasteiger partial charge on any atom is 0.315 e. The summed E-state index contributed by atoms with van der Waals surface area (Å²) < 4.78 is 25.6. The molecule has 1 unspecified atom stereocenters. The molecule has 0 aromatic heterocycles. The minimum Gasteiger partial charge on any atom is -0.334 e. The van der Waals surface area contributed by atoms with Crippen LogP contribution in [0.5, 0.6) is 0 Å². The Bertz CT molecular complexity index is 821. The summed E-state index contributed by atoms with van der Waals surface area (Å²) in [5.41, 5.74) is 1.74. The molecule has 25 heavy (non-hydrogen) atoms. The molecule has 2 aromatic rings. The average molecular weight is 382 g/mol. The first-order valence-electron chi connectivity index (χ1n) is 7.64. The maximum atomic E-state index is 12.0. The SMILES string of the molecule is CNS(=O)(=O)c1ccc(CNC(=O)NC(C)c2ccc(Cl)cc2)cc1. The summed E-state index contributed by atoms with van der Waals surface area (Å²) in [5.74, 6) is 0. The number of carbonyl (C=O) groups excluding carboxylic acids is 1. The van der Waals surface area contributed by atoms with Gasteiger partial charge in [-0.1, -0.05) is 35.9 Å². The molecule has 134 valence electrons. The van der Waals surface area contributed by atoms with E-state index in [1.165, 1.54) is 19.2 Å². The lowest BCUT2D eigenvalue weighted by atomic mass is 10.1. The smallest absolute Gasteiger partial charge is 0.315 e. The number of hydrogen-bond donors (Lipinski definition) is 3. The number of nitrogens with one attached hydrogen (secondary N) is 3. The Hall–Kier alpha value is -2.09. The lowest BCUT2D eigenvalue weighted by molar-refractivity contribution is 0.237. The molecule has 0 aliphatic carbocycles. The van der Waals surface area contributed by atoms with Crippen molar-refractivity contribution in [2.24, 2.45) is 0 Å². The topological polar surface area (TPSA) is 87.3 Å². The van der Waals surface area contributed by atoms with Crippen LogP contribution in [0, 0.1) is 0 Å². The van der Waals surface area contributed by atoms with Gasteiger partial charge in [-0.3, -0.25) is 0 Å². The molecular formula is C17H20ClN3O3S. The number of benzene rings is 2. The number of urea groups is 1. The van der Waals surface area contributed by atoms with Crippen molar-refractivity contribution in [3.63, 3.8) is 0 Å². The molecule has 1 atom stereocenters. The third-order valence-electron chi connectivity index (χ3n) is 3.67. The highest BCUT2D eigenvalue weighted by Crippen LogP contribution is 2.16. The number of hydrogen-bond acceptors (Lipinski definition) is 3. The molecule has 0 saturated carbocycles. The highest BCUT2D eigenvalue weighted by atomic mass is 35.5. The number of amides is 2. The Morgan fingerprint density at radius 1 is 1.08 bits per heavy atom. The summed E-state index contributed by atoms with van der Waals surface area (Å²) in [6, 6.07) is 13.1. The lowest BCUT2D eigenvalue weighted by Gasteiger charge is -2.15. The normalized spacial score (nSPS) is 12.4. The fraction of sp³-hybridized carbons (Fsp3) is 0.235. The van der Waals surface area contributed by atoms with Gasteiger partial charge in [0.1, 0.15) is 0 Å². The van der Waals surface area contributed by atoms with Gasteiger partial charge in [0.15, 0.2) is 0 Å². The maximum absolute atomic E-state index is 12.0. The van der Waals surface area contributed by atoms with Crippen molar-refractivity contribution in [3.05, 3.63) is 64.7 Å². The van der Waals surface area contributed by atoms with E-state index in [0.29, 0.717) is 11.6 Å². The van der Waals surface area contributed by atoms with Crippen molar-refractivity contribution < 1.29 is 13.2 Å². The highest BCUT2D eigenvalue weighted by Gasteiger charge is 2.11. The molecule has 0 aliphatic heterocycles. The van der Waals surface area contributed by atoms with Gasteiger partial charge in [0.05, 0.1) is 10.9 Å². The van der Waals surface area contributed by atoms with Gasteiger partial charge in [-0.15, -0.1) is 0 Å². The van der Waals surface area contributed by atoms with Crippen molar-refractivity contribution >= 4 is 27.7 Å². The zero-order valence-electron chi connectivity index (χ0n) is 13.9. The lowest BCUT2D eigenvalue weighted by Crippen LogP contribution is -2.36. The molecule has 0 bridgehead atoms. The summed E-state index contributed by atoms with van der Waals surface area (Å²) in [4.78, 5) is 12.2. The summed E-state index contributed by atoms with van der Waals surface area (Å²) >= 11 is 5.85. The molecule has 2 rings (SSSR count). The predicted molar refractivity (Wildman–Crippen MR) is 97.9 cm³/mol. The molecule has 0 saturated heterocycles. The zero-order valence-corrected chi connectivity index (χ0v) is 15.5. The Morgan fingerprint density at radius 3 is 2.24 bits per heavy atom. The van der Waals surface area contributed by atoms with E-state index in [9.17, 15) is 13.2 Å². The summed E-state index contributed by atoms with van der Waals surface area (Å²) in [7, 11) is -2.10. The second kappa shape index (κ2) is 8.33. The van der Waals surface area contributed by atoms with E-state index in [4.69, 9.17) is 11.6 Å². The van der Waals surface area contributed by atoms with E-state index in [2.05, 4.69) is 15.4 Å². The van der Waals surface area contributed by atoms with E-state index in [1.807, 2.05) is 19.1 Å². The van der Waals surface area contributed by atoms with Gasteiger partial charge >= 0.3 is 6.03 Å². The van der Waals surface area contributed by atoms with E-state index in [-0.39, 0.29) is 17.0 Å². The second-order valence-corrected chi connectivity index (χ2v) is 7.77. The van der Waals surface area contributed by atoms with Crippen LogP contribution in [-0.2, 0) is 16.6 Å². The monoisotopic (exact) mass is 381 g/mol. The number of carbonyl (C=O) groups is 1. The van der Waals surface area contributed by atoms with Gasteiger partial charge in [0.2, 0.25) is 10.0 Å². The molecule has 0 radical (unpaired) electrons. The summed E-state index contributed by atoms with van der Waals surface area (Å²) in [6.07, 6.45) is 0. The van der Waals surface area contributed by atoms with Crippen LogP contribution >= 0.6 is 11.6 Å². The predicted octanol–water partition coefficient (Wildman–Crippen LogP) is 2.81. The third kappa shape index (κ3) is 5.45. The van der Waals surface area contributed by atoms with Crippen molar-refractivity contribution in [2.75, 3.05) is 7.05 Å². The molecule has 0 heterocycles. The van der Waals surface area contributed by atoms with Gasteiger partial charge in [-0.2, -0.15) is 0 Å². The largest absolute Gasteiger partial charge is 0.334 e. The van der Waals surface area contributed by atoms with Crippen molar-refractivity contribution in [1.82, 2.24) is 15.4 Å². The molecule has 6 nitrogen and oxygen atoms in total. The van der Waals surface area contributed by atoms with Gasteiger partial charge in [0.25, 0.3) is 0 Å². The van der Waals surface area contributed by atoms with Crippen molar-refractivity contribution in [2.45, 2.75) is 24.4 Å². The molecule has 2 amide bonds. The molecule has 0 spiro atoms. The van der Waals surface area contributed by atoms with Gasteiger partial charge in [0, 0.05) is 11.6 Å². The van der Waals surface area contributed by atoms with Gasteiger partial charge < -0.3 is 10.6 Å². The first-order valence-corrected chi connectivity index (χ1v) is 9.50. The summed E-state index contributed by atoms with van der Waals surface area (Å²) in [6.45, 7) is 2.17. The Kier molecular flexibility index (Phi) is 6.41. The molecular weight excluding hydrogens is 362 g/mol. The second-order valence-electron chi connectivity index (χ2n) is 5.45. The van der Waals surface area contributed by atoms with Crippen LogP contribution in [0.1, 0.15) is 24.1 Å². The number of halogens is 1. The zero-order chi connectivity index (χ0) is 18.4. The molecule has 0 fully saturated rings. The van der Waals surface area contributed by atoms with Crippen LogP contribution in [0.3, 0.4) is 0 Å². The van der Waals surface area contributed by atoms with E-state index in [0.717, 1.165) is 11.1 Å². The third-order valence-corrected chi connectivity index (χ3v) is 5.36. The molecule has 0 aliphatic rings.